The highest BCUT2D eigenvalue weighted by atomic mass is 28.4. The summed E-state index contributed by atoms with van der Waals surface area (Å²) in [5.41, 5.74) is 0.184. The van der Waals surface area contributed by atoms with Gasteiger partial charge < -0.3 is 4.43 Å². The minimum Gasteiger partial charge on any atom is -0.413 e. The molecule has 0 heterocycles. The van der Waals surface area contributed by atoms with Gasteiger partial charge >= 0.3 is 0 Å². The first-order chi connectivity index (χ1) is 6.92. The fraction of sp³-hybridized carbons (Fsp3) is 0.857. The number of hydrogen-bond donors (Lipinski definition) is 0. The van der Waals surface area contributed by atoms with Gasteiger partial charge in [0.15, 0.2) is 8.32 Å². The lowest BCUT2D eigenvalue weighted by Crippen LogP contribution is -2.47. The van der Waals surface area contributed by atoms with Crippen LogP contribution in [0, 0.1) is 5.41 Å². The van der Waals surface area contributed by atoms with Gasteiger partial charge in [0.25, 0.3) is 0 Å². The molecule has 16 heavy (non-hydrogen) atoms. The van der Waals surface area contributed by atoms with E-state index in [2.05, 4.69) is 61.2 Å². The molecule has 0 aromatic heterocycles. The molecule has 0 aliphatic heterocycles. The maximum Gasteiger partial charge on any atom is 0.192 e. The van der Waals surface area contributed by atoms with Crippen LogP contribution in [-0.4, -0.2) is 14.4 Å². The van der Waals surface area contributed by atoms with Crippen molar-refractivity contribution in [2.45, 2.75) is 72.2 Å². The average molecular weight is 242 g/mol. The molecule has 2 heteroatoms. The van der Waals surface area contributed by atoms with Crippen LogP contribution in [-0.2, 0) is 4.43 Å². The highest BCUT2D eigenvalue weighted by Gasteiger charge is 2.41. The Kier molecular flexibility index (Phi) is 5.02. The highest BCUT2D eigenvalue weighted by Crippen LogP contribution is 2.40. The summed E-state index contributed by atoms with van der Waals surface area (Å²) >= 11 is 0. The molecular formula is C14H30OSi. The molecule has 0 N–H and O–H groups in total. The minimum absolute atomic E-state index is 0.184. The van der Waals surface area contributed by atoms with Gasteiger partial charge in [0.1, 0.15) is 0 Å². The van der Waals surface area contributed by atoms with Gasteiger partial charge in [-0.2, -0.15) is 0 Å². The molecule has 0 rings (SSSR count). The summed E-state index contributed by atoms with van der Waals surface area (Å²) in [4.78, 5) is 0. The Morgan fingerprint density at radius 1 is 1.12 bits per heavy atom. The van der Waals surface area contributed by atoms with Crippen molar-refractivity contribution in [1.82, 2.24) is 0 Å². The van der Waals surface area contributed by atoms with Crippen molar-refractivity contribution in [2.24, 2.45) is 5.41 Å². The minimum atomic E-state index is -1.66. The third-order valence-electron chi connectivity index (χ3n) is 3.59. The third-order valence-corrected chi connectivity index (χ3v) is 8.08. The second kappa shape index (κ2) is 5.05. The fourth-order valence-electron chi connectivity index (χ4n) is 1.26. The zero-order valence-electron chi connectivity index (χ0n) is 12.5. The van der Waals surface area contributed by atoms with E-state index in [4.69, 9.17) is 4.43 Å². The molecule has 0 aliphatic rings. The molecule has 0 aliphatic carbocycles. The molecule has 1 atom stereocenters. The van der Waals surface area contributed by atoms with Gasteiger partial charge in [0.05, 0.1) is 6.10 Å². The van der Waals surface area contributed by atoms with Crippen LogP contribution < -0.4 is 0 Å². The number of rotatable bonds is 4. The van der Waals surface area contributed by atoms with Gasteiger partial charge in [-0.1, -0.05) is 47.6 Å². The third kappa shape index (κ3) is 4.42. The normalized spacial score (nSPS) is 16.0. The van der Waals surface area contributed by atoms with Crippen LogP contribution in [0.1, 0.15) is 48.0 Å². The zero-order chi connectivity index (χ0) is 13.2. The van der Waals surface area contributed by atoms with Crippen molar-refractivity contribution in [3.63, 3.8) is 0 Å². The molecule has 0 amide bonds. The monoisotopic (exact) mass is 242 g/mol. The van der Waals surface area contributed by atoms with Crippen LogP contribution in [0.2, 0.25) is 18.1 Å². The van der Waals surface area contributed by atoms with E-state index in [1.807, 2.05) is 6.08 Å². The maximum atomic E-state index is 6.47. The molecule has 0 aromatic rings. The molecule has 0 spiro atoms. The summed E-state index contributed by atoms with van der Waals surface area (Å²) in [5, 5.41) is 0.275. The Morgan fingerprint density at radius 2 is 1.56 bits per heavy atom. The maximum absolute atomic E-state index is 6.47. The van der Waals surface area contributed by atoms with Crippen LogP contribution >= 0.6 is 0 Å². The quantitative estimate of drug-likeness (QED) is 0.498. The van der Waals surface area contributed by atoms with Gasteiger partial charge in [-0.3, -0.25) is 0 Å². The van der Waals surface area contributed by atoms with E-state index < -0.39 is 8.32 Å². The van der Waals surface area contributed by atoms with Crippen LogP contribution in [0.5, 0.6) is 0 Å². The lowest BCUT2D eigenvalue weighted by molar-refractivity contribution is 0.0756. The topological polar surface area (TPSA) is 9.23 Å². The predicted molar refractivity (Wildman–Crippen MR) is 76.3 cm³/mol. The van der Waals surface area contributed by atoms with Gasteiger partial charge in [0.2, 0.25) is 0 Å². The first-order valence-electron chi connectivity index (χ1n) is 6.20. The van der Waals surface area contributed by atoms with Crippen molar-refractivity contribution >= 4 is 8.32 Å². The van der Waals surface area contributed by atoms with E-state index >= 15 is 0 Å². The van der Waals surface area contributed by atoms with Gasteiger partial charge in [-0.15, -0.1) is 6.58 Å². The summed E-state index contributed by atoms with van der Waals surface area (Å²) in [6.45, 7) is 22.1. The SMILES string of the molecule is C=CCC(O[Si](C)(C)C(C)(C)C)C(C)(C)C. The lowest BCUT2D eigenvalue weighted by Gasteiger charge is -2.43. The van der Waals surface area contributed by atoms with Crippen molar-refractivity contribution in [3.05, 3.63) is 12.7 Å². The standard InChI is InChI=1S/C14H30OSi/c1-10-11-12(13(2,3)4)15-16(8,9)14(5,6)7/h10,12H,1,11H2,2-9H3. The van der Waals surface area contributed by atoms with Crippen molar-refractivity contribution < 1.29 is 4.43 Å². The average Bonchev–Trinajstić information content (AvgIpc) is 1.99. The smallest absolute Gasteiger partial charge is 0.192 e. The van der Waals surface area contributed by atoms with E-state index in [1.165, 1.54) is 0 Å². The van der Waals surface area contributed by atoms with Crippen molar-refractivity contribution in [3.8, 4) is 0 Å². The van der Waals surface area contributed by atoms with Gasteiger partial charge in [-0.25, -0.2) is 0 Å². The molecule has 1 unspecified atom stereocenters. The Bertz CT molecular complexity index is 230. The fourth-order valence-corrected chi connectivity index (χ4v) is 2.78. The van der Waals surface area contributed by atoms with E-state index in [0.717, 1.165) is 6.42 Å². The lowest BCUT2D eigenvalue weighted by atomic mass is 9.87. The van der Waals surface area contributed by atoms with E-state index in [-0.39, 0.29) is 16.6 Å². The Hall–Kier alpha value is -0.0831. The summed E-state index contributed by atoms with van der Waals surface area (Å²) in [6, 6.07) is 0. The molecule has 0 radical (unpaired) electrons. The van der Waals surface area contributed by atoms with Crippen molar-refractivity contribution in [2.75, 3.05) is 0 Å². The molecule has 0 fully saturated rings. The number of hydrogen-bond acceptors (Lipinski definition) is 1. The highest BCUT2D eigenvalue weighted by molar-refractivity contribution is 6.74. The Balaban J connectivity index is 4.83. The molecule has 96 valence electrons. The first-order valence-corrected chi connectivity index (χ1v) is 9.11. The van der Waals surface area contributed by atoms with Crippen LogP contribution in [0.15, 0.2) is 12.7 Å². The Labute approximate surface area is 103 Å². The second-order valence-electron chi connectivity index (χ2n) is 7.26. The van der Waals surface area contributed by atoms with Gasteiger partial charge in [0, 0.05) is 0 Å². The molecule has 0 saturated carbocycles. The first kappa shape index (κ1) is 15.9. The van der Waals surface area contributed by atoms with E-state index in [0.29, 0.717) is 0 Å². The van der Waals surface area contributed by atoms with Crippen LogP contribution in [0.4, 0.5) is 0 Å². The van der Waals surface area contributed by atoms with Gasteiger partial charge in [-0.05, 0) is 30.0 Å². The molecule has 0 aromatic carbocycles. The predicted octanol–water partition coefficient (Wildman–Crippen LogP) is 5.00. The Morgan fingerprint density at radius 3 is 1.81 bits per heavy atom. The molecule has 0 bridgehead atoms. The zero-order valence-corrected chi connectivity index (χ0v) is 13.5. The molecule has 1 nitrogen and oxygen atoms in total. The second-order valence-corrected chi connectivity index (χ2v) is 12.0. The largest absolute Gasteiger partial charge is 0.413 e. The van der Waals surface area contributed by atoms with Crippen LogP contribution in [0.25, 0.3) is 0 Å². The molecular weight excluding hydrogens is 212 g/mol. The summed E-state index contributed by atoms with van der Waals surface area (Å²) in [6.07, 6.45) is 3.20. The molecule has 0 saturated heterocycles. The van der Waals surface area contributed by atoms with E-state index in [1.54, 1.807) is 0 Å². The van der Waals surface area contributed by atoms with Crippen molar-refractivity contribution in [1.29, 1.82) is 0 Å². The van der Waals surface area contributed by atoms with E-state index in [9.17, 15) is 0 Å². The summed E-state index contributed by atoms with van der Waals surface area (Å²) in [7, 11) is -1.66. The summed E-state index contributed by atoms with van der Waals surface area (Å²) < 4.78 is 6.47. The van der Waals surface area contributed by atoms with Crippen LogP contribution in [0.3, 0.4) is 0 Å². The summed E-state index contributed by atoms with van der Waals surface area (Å²) in [5.74, 6) is 0.